The SMILES string of the molecule is CCN1[C]N(c2c(C)cc(C)cc2Cl)CC1. The van der Waals surface area contributed by atoms with Crippen molar-refractivity contribution in [1.29, 1.82) is 0 Å². The number of likely N-dealkylation sites (N-methyl/N-ethyl adjacent to an activating group) is 1. The molecule has 86 valence electrons. The smallest absolute Gasteiger partial charge is 0.177 e. The van der Waals surface area contributed by atoms with E-state index in [4.69, 9.17) is 11.6 Å². The van der Waals surface area contributed by atoms with Crippen LogP contribution >= 0.6 is 11.6 Å². The molecule has 0 N–H and O–H groups in total. The van der Waals surface area contributed by atoms with Crippen LogP contribution in [0.2, 0.25) is 5.02 Å². The van der Waals surface area contributed by atoms with Crippen LogP contribution in [0.4, 0.5) is 5.69 Å². The number of nitrogens with zero attached hydrogens (tertiary/aromatic N) is 2. The molecule has 1 aliphatic rings. The lowest BCUT2D eigenvalue weighted by atomic mass is 10.1. The fourth-order valence-electron chi connectivity index (χ4n) is 2.13. The standard InChI is InChI=1S/C13H17ClN2/c1-4-15-5-6-16(9-15)13-11(3)7-10(2)8-12(13)14/h7-8H,4-6H2,1-3H3. The second-order valence-electron chi connectivity index (χ2n) is 4.24. The van der Waals surface area contributed by atoms with Crippen molar-refractivity contribution in [2.75, 3.05) is 24.5 Å². The second-order valence-corrected chi connectivity index (χ2v) is 4.65. The Labute approximate surface area is 103 Å². The van der Waals surface area contributed by atoms with E-state index in [1.54, 1.807) is 0 Å². The molecule has 0 aromatic heterocycles. The van der Waals surface area contributed by atoms with Gasteiger partial charge >= 0.3 is 0 Å². The minimum Gasteiger partial charge on any atom is -0.344 e. The van der Waals surface area contributed by atoms with E-state index in [0.717, 1.165) is 30.3 Å². The van der Waals surface area contributed by atoms with Gasteiger partial charge in [-0.05, 0) is 37.6 Å². The van der Waals surface area contributed by atoms with Gasteiger partial charge in [0.05, 0.1) is 10.7 Å². The molecule has 1 saturated heterocycles. The van der Waals surface area contributed by atoms with Crippen molar-refractivity contribution in [1.82, 2.24) is 4.90 Å². The van der Waals surface area contributed by atoms with Crippen molar-refractivity contribution < 1.29 is 0 Å². The van der Waals surface area contributed by atoms with Crippen LogP contribution in [-0.2, 0) is 0 Å². The highest BCUT2D eigenvalue weighted by Crippen LogP contribution is 2.33. The highest BCUT2D eigenvalue weighted by molar-refractivity contribution is 6.33. The second kappa shape index (κ2) is 4.64. The monoisotopic (exact) mass is 236 g/mol. The Morgan fingerprint density at radius 1 is 1.31 bits per heavy atom. The number of anilines is 1. The zero-order valence-electron chi connectivity index (χ0n) is 10.0. The van der Waals surface area contributed by atoms with E-state index in [2.05, 4.69) is 43.3 Å². The molecule has 1 heterocycles. The molecule has 1 aromatic carbocycles. The number of hydrogen-bond acceptors (Lipinski definition) is 2. The molecule has 2 rings (SSSR count). The van der Waals surface area contributed by atoms with Gasteiger partial charge in [-0.25, -0.2) is 0 Å². The van der Waals surface area contributed by atoms with Crippen molar-refractivity contribution in [3.05, 3.63) is 35.0 Å². The van der Waals surface area contributed by atoms with Crippen LogP contribution < -0.4 is 4.90 Å². The van der Waals surface area contributed by atoms with Crippen molar-refractivity contribution in [2.24, 2.45) is 0 Å². The summed E-state index contributed by atoms with van der Waals surface area (Å²) in [5.74, 6) is 0. The fraction of sp³-hybridized carbons (Fsp3) is 0.462. The third kappa shape index (κ3) is 2.18. The Morgan fingerprint density at radius 2 is 2.06 bits per heavy atom. The van der Waals surface area contributed by atoms with Gasteiger partial charge in [-0.1, -0.05) is 24.6 Å². The number of aryl methyl sites for hydroxylation is 2. The van der Waals surface area contributed by atoms with Gasteiger partial charge in [0.25, 0.3) is 0 Å². The van der Waals surface area contributed by atoms with E-state index in [-0.39, 0.29) is 0 Å². The largest absolute Gasteiger partial charge is 0.344 e. The first-order valence-electron chi connectivity index (χ1n) is 5.67. The van der Waals surface area contributed by atoms with Gasteiger partial charge in [0.15, 0.2) is 6.67 Å². The van der Waals surface area contributed by atoms with Crippen LogP contribution in [0.25, 0.3) is 0 Å². The van der Waals surface area contributed by atoms with Crippen molar-refractivity contribution in [3.63, 3.8) is 0 Å². The molecule has 0 bridgehead atoms. The molecule has 0 aliphatic carbocycles. The number of rotatable bonds is 2. The Balaban J connectivity index is 2.28. The van der Waals surface area contributed by atoms with Crippen LogP contribution in [0.5, 0.6) is 0 Å². The molecule has 2 radical (unpaired) electrons. The summed E-state index contributed by atoms with van der Waals surface area (Å²) < 4.78 is 0. The lowest BCUT2D eigenvalue weighted by molar-refractivity contribution is 0.413. The van der Waals surface area contributed by atoms with Crippen molar-refractivity contribution in [2.45, 2.75) is 20.8 Å². The van der Waals surface area contributed by atoms with Crippen molar-refractivity contribution in [3.8, 4) is 0 Å². The van der Waals surface area contributed by atoms with Gasteiger partial charge in [0.1, 0.15) is 0 Å². The molecular formula is C13H17ClN2. The molecule has 2 nitrogen and oxygen atoms in total. The van der Waals surface area contributed by atoms with Crippen LogP contribution in [0.15, 0.2) is 12.1 Å². The minimum absolute atomic E-state index is 0.822. The Bertz CT molecular complexity index is 367. The average Bonchev–Trinajstić information content (AvgIpc) is 2.64. The maximum absolute atomic E-state index is 6.31. The molecule has 16 heavy (non-hydrogen) atoms. The molecular weight excluding hydrogens is 220 g/mol. The van der Waals surface area contributed by atoms with E-state index < -0.39 is 0 Å². The number of benzene rings is 1. The van der Waals surface area contributed by atoms with Crippen LogP contribution in [0, 0.1) is 20.5 Å². The third-order valence-electron chi connectivity index (χ3n) is 2.91. The lowest BCUT2D eigenvalue weighted by Gasteiger charge is -2.21. The first kappa shape index (κ1) is 11.7. The Hall–Kier alpha value is -0.730. The normalized spacial score (nSPS) is 17.1. The van der Waals surface area contributed by atoms with Gasteiger partial charge in [0.2, 0.25) is 0 Å². The number of halogens is 1. The Morgan fingerprint density at radius 3 is 2.62 bits per heavy atom. The van der Waals surface area contributed by atoms with Crippen LogP contribution in [0.1, 0.15) is 18.1 Å². The summed E-state index contributed by atoms with van der Waals surface area (Å²) in [6.45, 7) is 12.6. The molecule has 0 saturated carbocycles. The van der Waals surface area contributed by atoms with E-state index in [9.17, 15) is 0 Å². The van der Waals surface area contributed by atoms with Crippen LogP contribution in [-0.4, -0.2) is 24.5 Å². The molecule has 0 unspecified atom stereocenters. The van der Waals surface area contributed by atoms with E-state index in [1.807, 2.05) is 6.07 Å². The summed E-state index contributed by atoms with van der Waals surface area (Å²) in [6.07, 6.45) is 0. The molecule has 0 atom stereocenters. The summed E-state index contributed by atoms with van der Waals surface area (Å²) in [6, 6.07) is 4.18. The zero-order chi connectivity index (χ0) is 11.7. The summed E-state index contributed by atoms with van der Waals surface area (Å²) in [4.78, 5) is 4.30. The Kier molecular flexibility index (Phi) is 3.41. The van der Waals surface area contributed by atoms with Gasteiger partial charge in [-0.15, -0.1) is 0 Å². The summed E-state index contributed by atoms with van der Waals surface area (Å²) in [7, 11) is 0. The van der Waals surface area contributed by atoms with Gasteiger partial charge in [-0.3, -0.25) is 4.90 Å². The maximum Gasteiger partial charge on any atom is 0.177 e. The quantitative estimate of drug-likeness (QED) is 0.779. The highest BCUT2D eigenvalue weighted by atomic mass is 35.5. The molecule has 1 fully saturated rings. The highest BCUT2D eigenvalue weighted by Gasteiger charge is 2.23. The predicted octanol–water partition coefficient (Wildman–Crippen LogP) is 3.10. The molecule has 1 aromatic rings. The molecule has 3 heteroatoms. The first-order chi connectivity index (χ1) is 7.61. The molecule has 0 spiro atoms. The average molecular weight is 237 g/mol. The van der Waals surface area contributed by atoms with Gasteiger partial charge in [-0.2, -0.15) is 0 Å². The maximum atomic E-state index is 6.31. The zero-order valence-corrected chi connectivity index (χ0v) is 10.8. The summed E-state index contributed by atoms with van der Waals surface area (Å²) in [5, 5.41) is 0.822. The summed E-state index contributed by atoms with van der Waals surface area (Å²) in [5.41, 5.74) is 3.52. The topological polar surface area (TPSA) is 6.48 Å². The molecule has 0 amide bonds. The van der Waals surface area contributed by atoms with E-state index in [0.29, 0.717) is 0 Å². The fourth-order valence-corrected chi connectivity index (χ4v) is 2.56. The predicted molar refractivity (Wildman–Crippen MR) is 68.8 cm³/mol. The first-order valence-corrected chi connectivity index (χ1v) is 6.05. The van der Waals surface area contributed by atoms with Crippen molar-refractivity contribution >= 4 is 17.3 Å². The van der Waals surface area contributed by atoms with Crippen LogP contribution in [0.3, 0.4) is 0 Å². The summed E-state index contributed by atoms with van der Waals surface area (Å²) >= 11 is 6.31. The number of hydrogen-bond donors (Lipinski definition) is 0. The third-order valence-corrected chi connectivity index (χ3v) is 3.19. The van der Waals surface area contributed by atoms with Gasteiger partial charge in [0, 0.05) is 13.1 Å². The van der Waals surface area contributed by atoms with Gasteiger partial charge < -0.3 is 4.90 Å². The van der Waals surface area contributed by atoms with E-state index in [1.165, 1.54) is 11.1 Å². The van der Waals surface area contributed by atoms with E-state index >= 15 is 0 Å². The minimum atomic E-state index is 0.822. The lowest BCUT2D eigenvalue weighted by Crippen LogP contribution is -2.19. The molecule has 1 aliphatic heterocycles.